The summed E-state index contributed by atoms with van der Waals surface area (Å²) in [6.45, 7) is 2.12. The summed E-state index contributed by atoms with van der Waals surface area (Å²) in [5.74, 6) is 0.564. The van der Waals surface area contributed by atoms with Crippen LogP contribution in [0.25, 0.3) is 21.7 Å². The van der Waals surface area contributed by atoms with Crippen LogP contribution in [0.1, 0.15) is 32.3 Å². The van der Waals surface area contributed by atoms with Crippen molar-refractivity contribution in [3.05, 3.63) is 83.2 Å². The van der Waals surface area contributed by atoms with Gasteiger partial charge in [0.2, 0.25) is 11.9 Å². The standard InChI is InChI=1S/C27H24N6O4S/c1-16-29-15-22(37-16)23-9-10-24(38-23)26(36)32-27-31-19-13-18(7-8-20(19)33(27)12-11-25(28)35)30-14-21(34)17-5-3-2-4-6-17/h2-10,13,15,30H,11-12,14H2,1H3,(H2,28,35)(H,31,32,36). The maximum Gasteiger partial charge on any atom is 0.268 e. The molecule has 0 aliphatic heterocycles. The SMILES string of the molecule is Cc1ncc(-c2ccc(C(=O)Nc3nc4cc(NCC(=O)c5ccccc5)ccc4n3CCC(N)=O)s2)o1. The fraction of sp³-hybridized carbons (Fsp3) is 0.148. The highest BCUT2D eigenvalue weighted by molar-refractivity contribution is 7.17. The van der Waals surface area contributed by atoms with Gasteiger partial charge in [-0.1, -0.05) is 30.3 Å². The lowest BCUT2D eigenvalue weighted by Gasteiger charge is -2.09. The van der Waals surface area contributed by atoms with E-state index in [2.05, 4.69) is 20.6 Å². The summed E-state index contributed by atoms with van der Waals surface area (Å²) < 4.78 is 7.29. The molecule has 192 valence electrons. The quantitative estimate of drug-likeness (QED) is 0.227. The van der Waals surface area contributed by atoms with Crippen LogP contribution < -0.4 is 16.4 Å². The number of amides is 2. The van der Waals surface area contributed by atoms with Crippen LogP contribution in [-0.2, 0) is 11.3 Å². The topological polar surface area (TPSA) is 145 Å². The van der Waals surface area contributed by atoms with E-state index in [1.807, 2.05) is 30.3 Å². The van der Waals surface area contributed by atoms with Crippen LogP contribution in [0.5, 0.6) is 0 Å². The number of oxazole rings is 1. The van der Waals surface area contributed by atoms with Crippen LogP contribution in [0.2, 0.25) is 0 Å². The molecule has 5 aromatic rings. The van der Waals surface area contributed by atoms with Crippen LogP contribution >= 0.6 is 11.3 Å². The van der Waals surface area contributed by atoms with Crippen LogP contribution in [0.3, 0.4) is 0 Å². The molecule has 0 radical (unpaired) electrons. The van der Waals surface area contributed by atoms with Gasteiger partial charge in [0.05, 0.1) is 33.5 Å². The van der Waals surface area contributed by atoms with Crippen LogP contribution in [-0.4, -0.2) is 38.7 Å². The molecular formula is C27H24N6O4S. The first-order chi connectivity index (χ1) is 18.4. The highest BCUT2D eigenvalue weighted by atomic mass is 32.1. The number of aryl methyl sites for hydroxylation is 2. The second kappa shape index (κ2) is 10.7. The van der Waals surface area contributed by atoms with Crippen molar-refractivity contribution < 1.29 is 18.8 Å². The second-order valence-corrected chi connectivity index (χ2v) is 9.59. The van der Waals surface area contributed by atoms with E-state index in [1.165, 1.54) is 11.3 Å². The van der Waals surface area contributed by atoms with Gasteiger partial charge in [-0.3, -0.25) is 19.7 Å². The third kappa shape index (κ3) is 5.47. The van der Waals surface area contributed by atoms with E-state index in [0.29, 0.717) is 38.8 Å². The molecule has 0 fully saturated rings. The van der Waals surface area contributed by atoms with Crippen molar-refractivity contribution in [1.29, 1.82) is 0 Å². The summed E-state index contributed by atoms with van der Waals surface area (Å²) >= 11 is 1.27. The van der Waals surface area contributed by atoms with E-state index in [0.717, 1.165) is 4.88 Å². The number of carbonyl (C=O) groups is 3. The molecule has 0 aliphatic carbocycles. The van der Waals surface area contributed by atoms with Crippen molar-refractivity contribution >= 4 is 51.6 Å². The number of carbonyl (C=O) groups excluding carboxylic acids is 3. The third-order valence-electron chi connectivity index (χ3n) is 5.80. The van der Waals surface area contributed by atoms with E-state index in [4.69, 9.17) is 10.2 Å². The Hall–Kier alpha value is -4.77. The van der Waals surface area contributed by atoms with E-state index in [9.17, 15) is 14.4 Å². The maximum absolute atomic E-state index is 13.1. The number of rotatable bonds is 10. The summed E-state index contributed by atoms with van der Waals surface area (Å²) in [6, 6.07) is 18.0. The minimum atomic E-state index is -0.466. The maximum atomic E-state index is 13.1. The number of primary amides is 1. The number of ketones is 1. The van der Waals surface area contributed by atoms with Crippen molar-refractivity contribution in [3.63, 3.8) is 0 Å². The molecule has 38 heavy (non-hydrogen) atoms. The van der Waals surface area contributed by atoms with Gasteiger partial charge in [-0.2, -0.15) is 0 Å². The molecule has 3 heterocycles. The summed E-state index contributed by atoms with van der Waals surface area (Å²) in [6.07, 6.45) is 1.69. The van der Waals surface area contributed by atoms with Gasteiger partial charge >= 0.3 is 0 Å². The van der Waals surface area contributed by atoms with Gasteiger partial charge in [-0.25, -0.2) is 9.97 Å². The summed E-state index contributed by atoms with van der Waals surface area (Å²) in [5.41, 5.74) is 8.00. The Labute approximate surface area is 221 Å². The number of hydrogen-bond donors (Lipinski definition) is 3. The monoisotopic (exact) mass is 528 g/mol. The fourth-order valence-corrected chi connectivity index (χ4v) is 4.77. The predicted molar refractivity (Wildman–Crippen MR) is 145 cm³/mol. The highest BCUT2D eigenvalue weighted by Gasteiger charge is 2.18. The minimum Gasteiger partial charge on any atom is -0.440 e. The Bertz CT molecular complexity index is 1640. The van der Waals surface area contributed by atoms with Crippen LogP contribution in [0.4, 0.5) is 11.6 Å². The van der Waals surface area contributed by atoms with Gasteiger partial charge in [-0.15, -0.1) is 11.3 Å². The van der Waals surface area contributed by atoms with Gasteiger partial charge in [0.25, 0.3) is 5.91 Å². The number of nitrogens with two attached hydrogens (primary N) is 1. The number of thiophene rings is 1. The molecule has 0 unspecified atom stereocenters. The van der Waals surface area contributed by atoms with Crippen LogP contribution in [0, 0.1) is 6.92 Å². The smallest absolute Gasteiger partial charge is 0.268 e. The van der Waals surface area contributed by atoms with E-state index in [1.54, 1.807) is 48.0 Å². The Morgan fingerprint density at radius 3 is 2.63 bits per heavy atom. The zero-order chi connectivity index (χ0) is 26.6. The average Bonchev–Trinajstić information content (AvgIpc) is 3.64. The molecule has 0 atom stereocenters. The molecule has 4 N–H and O–H groups in total. The Kier molecular flexibility index (Phi) is 7.00. The van der Waals surface area contributed by atoms with Crippen molar-refractivity contribution in [1.82, 2.24) is 14.5 Å². The lowest BCUT2D eigenvalue weighted by atomic mass is 10.1. The number of benzene rings is 2. The zero-order valence-corrected chi connectivity index (χ0v) is 21.2. The minimum absolute atomic E-state index is 0.0403. The fourth-order valence-electron chi connectivity index (χ4n) is 3.92. The van der Waals surface area contributed by atoms with E-state index in [-0.39, 0.29) is 37.1 Å². The number of aromatic nitrogens is 3. The summed E-state index contributed by atoms with van der Waals surface area (Å²) in [7, 11) is 0. The van der Waals surface area contributed by atoms with Crippen molar-refractivity contribution in [2.45, 2.75) is 19.9 Å². The molecule has 0 aliphatic rings. The second-order valence-electron chi connectivity index (χ2n) is 8.51. The number of imidazole rings is 1. The molecule has 5 rings (SSSR count). The van der Waals surface area contributed by atoms with Gasteiger partial charge in [0.1, 0.15) is 0 Å². The Morgan fingerprint density at radius 2 is 1.89 bits per heavy atom. The molecule has 0 saturated heterocycles. The lowest BCUT2D eigenvalue weighted by molar-refractivity contribution is -0.118. The van der Waals surface area contributed by atoms with Crippen molar-refractivity contribution in [2.75, 3.05) is 17.2 Å². The first-order valence-electron chi connectivity index (χ1n) is 11.8. The van der Waals surface area contributed by atoms with Crippen molar-refractivity contribution in [2.24, 2.45) is 5.73 Å². The number of fused-ring (bicyclic) bond motifs is 1. The average molecular weight is 529 g/mol. The number of hydrogen-bond acceptors (Lipinski definition) is 8. The molecule has 10 nitrogen and oxygen atoms in total. The first kappa shape index (κ1) is 24.9. The lowest BCUT2D eigenvalue weighted by Crippen LogP contribution is -2.18. The molecular weight excluding hydrogens is 504 g/mol. The van der Waals surface area contributed by atoms with Crippen molar-refractivity contribution in [3.8, 4) is 10.6 Å². The highest BCUT2D eigenvalue weighted by Crippen LogP contribution is 2.30. The molecule has 2 aromatic carbocycles. The van der Waals surface area contributed by atoms with Gasteiger partial charge in [0, 0.05) is 31.1 Å². The number of nitrogens with zero attached hydrogens (tertiary/aromatic N) is 3. The number of nitrogens with one attached hydrogen (secondary N) is 2. The molecule has 0 bridgehead atoms. The van der Waals surface area contributed by atoms with Gasteiger partial charge < -0.3 is 20.0 Å². The first-order valence-corrected chi connectivity index (χ1v) is 12.6. The normalized spacial score (nSPS) is 11.0. The zero-order valence-electron chi connectivity index (χ0n) is 20.4. The van der Waals surface area contributed by atoms with E-state index >= 15 is 0 Å². The molecule has 11 heteroatoms. The van der Waals surface area contributed by atoms with Gasteiger partial charge in [0.15, 0.2) is 17.4 Å². The summed E-state index contributed by atoms with van der Waals surface area (Å²) in [5, 5.41) is 5.98. The Balaban J connectivity index is 1.37. The molecule has 2 amide bonds. The third-order valence-corrected chi connectivity index (χ3v) is 6.90. The molecule has 3 aromatic heterocycles. The van der Waals surface area contributed by atoms with Crippen LogP contribution in [0.15, 0.2) is 71.3 Å². The Morgan fingerprint density at radius 1 is 1.08 bits per heavy atom. The number of anilines is 2. The number of Topliss-reactive ketones (excluding diaryl/α,β-unsaturated/α-hetero) is 1. The predicted octanol–water partition coefficient (Wildman–Crippen LogP) is 4.48. The molecule has 0 saturated carbocycles. The van der Waals surface area contributed by atoms with E-state index < -0.39 is 5.91 Å². The summed E-state index contributed by atoms with van der Waals surface area (Å²) in [4.78, 5) is 47.0. The largest absolute Gasteiger partial charge is 0.440 e. The van der Waals surface area contributed by atoms with Gasteiger partial charge in [-0.05, 0) is 30.3 Å². The molecule has 0 spiro atoms.